The lowest BCUT2D eigenvalue weighted by molar-refractivity contribution is 0.00595. The number of benzene rings is 2. The van der Waals surface area contributed by atoms with Crippen LogP contribution in [0.25, 0.3) is 0 Å². The molecule has 4 aliphatic heterocycles. The SMILES string of the molecule is CC(C)(c1ccc(OCOCC2CO2)cc1)c1ccc(OCOCC2CO2)c(COCC2CO2)c1COCC1CO1. The lowest BCUT2D eigenvalue weighted by atomic mass is 9.75. The van der Waals surface area contributed by atoms with Crippen molar-refractivity contribution in [2.24, 2.45) is 0 Å². The molecule has 0 aromatic heterocycles. The molecule has 224 valence electrons. The van der Waals surface area contributed by atoms with Gasteiger partial charge in [-0.2, -0.15) is 0 Å². The van der Waals surface area contributed by atoms with Crippen LogP contribution in [0, 0.1) is 0 Å². The molecule has 0 bridgehead atoms. The molecule has 6 rings (SSSR count). The van der Waals surface area contributed by atoms with E-state index in [2.05, 4.69) is 32.0 Å². The molecule has 0 N–H and O–H groups in total. The van der Waals surface area contributed by atoms with Crippen LogP contribution in [0.3, 0.4) is 0 Å². The van der Waals surface area contributed by atoms with Gasteiger partial charge in [-0.1, -0.05) is 32.0 Å². The maximum atomic E-state index is 6.16. The van der Waals surface area contributed by atoms with Crippen molar-refractivity contribution in [2.75, 3.05) is 66.4 Å². The summed E-state index contributed by atoms with van der Waals surface area (Å²) in [4.78, 5) is 0. The minimum absolute atomic E-state index is 0.135. The molecule has 41 heavy (non-hydrogen) atoms. The van der Waals surface area contributed by atoms with Crippen molar-refractivity contribution in [1.29, 1.82) is 0 Å². The van der Waals surface area contributed by atoms with Crippen molar-refractivity contribution in [3.63, 3.8) is 0 Å². The number of epoxide rings is 4. The maximum absolute atomic E-state index is 6.16. The largest absolute Gasteiger partial charge is 0.468 e. The first-order valence-electron chi connectivity index (χ1n) is 14.3. The Hall–Kier alpha value is -2.28. The fourth-order valence-electron chi connectivity index (χ4n) is 4.65. The molecule has 0 spiro atoms. The van der Waals surface area contributed by atoms with E-state index in [1.807, 2.05) is 18.2 Å². The molecule has 0 amide bonds. The molecule has 4 fully saturated rings. The molecular formula is C31H40O10. The molecule has 0 aliphatic carbocycles. The summed E-state index contributed by atoms with van der Waals surface area (Å²) in [5, 5.41) is 0. The fourth-order valence-corrected chi connectivity index (χ4v) is 4.65. The van der Waals surface area contributed by atoms with Gasteiger partial charge in [-0.3, -0.25) is 0 Å². The van der Waals surface area contributed by atoms with E-state index in [0.717, 1.165) is 60.2 Å². The average molecular weight is 573 g/mol. The average Bonchev–Trinajstić information content (AvgIpc) is 3.79. The van der Waals surface area contributed by atoms with Gasteiger partial charge >= 0.3 is 0 Å². The summed E-state index contributed by atoms with van der Waals surface area (Å²) in [6, 6.07) is 12.3. The second kappa shape index (κ2) is 13.4. The molecule has 4 unspecified atom stereocenters. The smallest absolute Gasteiger partial charge is 0.189 e. The third-order valence-corrected chi connectivity index (χ3v) is 7.56. The van der Waals surface area contributed by atoms with Crippen molar-refractivity contribution < 1.29 is 47.4 Å². The highest BCUT2D eigenvalue weighted by atomic mass is 16.7. The first-order valence-corrected chi connectivity index (χ1v) is 14.3. The van der Waals surface area contributed by atoms with E-state index in [1.165, 1.54) is 0 Å². The van der Waals surface area contributed by atoms with Gasteiger partial charge in [0.25, 0.3) is 0 Å². The van der Waals surface area contributed by atoms with Gasteiger partial charge in [0.15, 0.2) is 13.6 Å². The van der Waals surface area contributed by atoms with Gasteiger partial charge in [-0.15, -0.1) is 0 Å². The first kappa shape index (κ1) is 28.8. The van der Waals surface area contributed by atoms with Crippen molar-refractivity contribution in [3.05, 3.63) is 58.7 Å². The zero-order chi connectivity index (χ0) is 28.1. The first-order chi connectivity index (χ1) is 20.1. The summed E-state index contributed by atoms with van der Waals surface area (Å²) in [5.41, 5.74) is 3.93. The second-order valence-electron chi connectivity index (χ2n) is 11.3. The summed E-state index contributed by atoms with van der Waals surface area (Å²) in [5.74, 6) is 1.48. The Morgan fingerprint density at radius 2 is 1.10 bits per heavy atom. The molecule has 0 saturated carbocycles. The van der Waals surface area contributed by atoms with E-state index >= 15 is 0 Å². The monoisotopic (exact) mass is 572 g/mol. The Labute approximate surface area is 241 Å². The van der Waals surface area contributed by atoms with Crippen LogP contribution in [0.5, 0.6) is 11.5 Å². The van der Waals surface area contributed by atoms with Crippen molar-refractivity contribution in [1.82, 2.24) is 0 Å². The van der Waals surface area contributed by atoms with Crippen LogP contribution in [0.1, 0.15) is 36.1 Å². The molecule has 2 aromatic rings. The summed E-state index contributed by atoms with van der Waals surface area (Å²) in [6.07, 6.45) is 0.735. The van der Waals surface area contributed by atoms with Crippen LogP contribution < -0.4 is 9.47 Å². The Bertz CT molecular complexity index is 1120. The van der Waals surface area contributed by atoms with Gasteiger partial charge in [0.2, 0.25) is 0 Å². The van der Waals surface area contributed by atoms with Gasteiger partial charge < -0.3 is 47.4 Å². The Morgan fingerprint density at radius 3 is 1.63 bits per heavy atom. The topological polar surface area (TPSA) is 106 Å². The molecule has 4 saturated heterocycles. The number of hydrogen-bond acceptors (Lipinski definition) is 10. The molecule has 4 aliphatic rings. The van der Waals surface area contributed by atoms with E-state index < -0.39 is 0 Å². The normalized spacial score (nSPS) is 24.2. The third-order valence-electron chi connectivity index (χ3n) is 7.56. The van der Waals surface area contributed by atoms with Gasteiger partial charge in [0.1, 0.15) is 35.9 Å². The highest BCUT2D eigenvalue weighted by molar-refractivity contribution is 5.51. The summed E-state index contributed by atoms with van der Waals surface area (Å²) < 4.78 is 56.4. The van der Waals surface area contributed by atoms with Gasteiger partial charge in [-0.05, 0) is 34.9 Å². The predicted molar refractivity (Wildman–Crippen MR) is 146 cm³/mol. The van der Waals surface area contributed by atoms with E-state index in [-0.39, 0.29) is 43.4 Å². The number of hydrogen-bond donors (Lipinski definition) is 0. The highest BCUT2D eigenvalue weighted by Gasteiger charge is 2.31. The van der Waals surface area contributed by atoms with Gasteiger partial charge in [0, 0.05) is 11.0 Å². The van der Waals surface area contributed by atoms with E-state index in [1.54, 1.807) is 0 Å². The zero-order valence-electron chi connectivity index (χ0n) is 23.8. The van der Waals surface area contributed by atoms with Crippen molar-refractivity contribution in [3.8, 4) is 11.5 Å². The molecule has 4 atom stereocenters. The van der Waals surface area contributed by atoms with E-state index in [0.29, 0.717) is 39.6 Å². The van der Waals surface area contributed by atoms with Crippen LogP contribution in [0.2, 0.25) is 0 Å². The van der Waals surface area contributed by atoms with E-state index in [9.17, 15) is 0 Å². The minimum Gasteiger partial charge on any atom is -0.468 e. The van der Waals surface area contributed by atoms with Gasteiger partial charge in [0.05, 0.1) is 66.1 Å². The lowest BCUT2D eigenvalue weighted by Crippen LogP contribution is -2.23. The molecule has 2 aromatic carbocycles. The van der Waals surface area contributed by atoms with Crippen LogP contribution in [-0.2, 0) is 56.5 Å². The van der Waals surface area contributed by atoms with Crippen LogP contribution >= 0.6 is 0 Å². The maximum Gasteiger partial charge on any atom is 0.189 e. The van der Waals surface area contributed by atoms with Crippen LogP contribution in [0.15, 0.2) is 36.4 Å². The number of rotatable bonds is 20. The Balaban J connectivity index is 1.20. The van der Waals surface area contributed by atoms with Gasteiger partial charge in [-0.25, -0.2) is 0 Å². The molecule has 4 heterocycles. The summed E-state index contributed by atoms with van der Waals surface area (Å²) in [6.45, 7) is 10.7. The molecular weight excluding hydrogens is 532 g/mol. The fraction of sp³-hybridized carbons (Fsp3) is 0.613. The highest BCUT2D eigenvalue weighted by Crippen LogP contribution is 2.39. The van der Waals surface area contributed by atoms with Crippen molar-refractivity contribution in [2.45, 2.75) is 56.9 Å². The Morgan fingerprint density at radius 1 is 0.610 bits per heavy atom. The van der Waals surface area contributed by atoms with Crippen molar-refractivity contribution >= 4 is 0 Å². The number of ether oxygens (including phenoxy) is 10. The molecule has 0 radical (unpaired) electrons. The second-order valence-corrected chi connectivity index (χ2v) is 11.3. The standard InChI is InChI=1S/C31H40O10/c1-31(2,21-3-5-22(6-4-21)40-19-34-11-25-15-38-25)29-7-8-30(41-20-35-12-26-16-39-26)28(18-33-10-24-14-37-24)27(29)17-32-9-23-13-36-23/h3-8,23-26H,9-20H2,1-2H3. The lowest BCUT2D eigenvalue weighted by Gasteiger charge is -2.31. The van der Waals surface area contributed by atoms with Crippen LogP contribution in [0.4, 0.5) is 0 Å². The molecule has 10 heteroatoms. The third kappa shape index (κ3) is 8.62. The Kier molecular flexibility index (Phi) is 9.39. The summed E-state index contributed by atoms with van der Waals surface area (Å²) in [7, 11) is 0. The van der Waals surface area contributed by atoms with Crippen LogP contribution in [-0.4, -0.2) is 90.9 Å². The predicted octanol–water partition coefficient (Wildman–Crippen LogP) is 3.35. The molecule has 10 nitrogen and oxygen atoms in total. The quantitative estimate of drug-likeness (QED) is 0.133. The minimum atomic E-state index is -0.347. The van der Waals surface area contributed by atoms with E-state index in [4.69, 9.17) is 47.4 Å². The summed E-state index contributed by atoms with van der Waals surface area (Å²) >= 11 is 0. The zero-order valence-corrected chi connectivity index (χ0v) is 23.8.